The second-order valence-electron chi connectivity index (χ2n) is 8.48. The average Bonchev–Trinajstić information content (AvgIpc) is 2.98. The van der Waals surface area contributed by atoms with Crippen molar-refractivity contribution in [2.45, 2.75) is 18.6 Å². The minimum atomic E-state index is -0.124. The van der Waals surface area contributed by atoms with Crippen LogP contribution in [0.15, 0.2) is 65.8 Å². The summed E-state index contributed by atoms with van der Waals surface area (Å²) in [5.74, 6) is 2.32. The summed E-state index contributed by atoms with van der Waals surface area (Å²) in [5, 5.41) is 12.1. The largest absolute Gasteiger partial charge is 0.493 e. The Bertz CT molecular complexity index is 1450. The predicted molar refractivity (Wildman–Crippen MR) is 151 cm³/mol. The van der Waals surface area contributed by atoms with Gasteiger partial charge in [0.2, 0.25) is 11.1 Å². The van der Waals surface area contributed by atoms with Crippen LogP contribution in [0.4, 0.5) is 0 Å². The first-order valence-corrected chi connectivity index (χ1v) is 13.1. The van der Waals surface area contributed by atoms with E-state index in [0.29, 0.717) is 46.1 Å². The smallest absolute Gasteiger partial charge is 0.230 e. The van der Waals surface area contributed by atoms with Gasteiger partial charge in [-0.3, -0.25) is 4.79 Å². The quantitative estimate of drug-likeness (QED) is 0.261. The van der Waals surface area contributed by atoms with Crippen LogP contribution in [0.5, 0.6) is 23.0 Å². The van der Waals surface area contributed by atoms with E-state index in [1.807, 2.05) is 55.5 Å². The molecule has 3 aromatic carbocycles. The minimum absolute atomic E-state index is 0.124. The Morgan fingerprint density at radius 1 is 0.744 bits per heavy atom. The fourth-order valence-corrected chi connectivity index (χ4v) is 4.44. The van der Waals surface area contributed by atoms with E-state index in [1.165, 1.54) is 17.3 Å². The summed E-state index contributed by atoms with van der Waals surface area (Å²) >= 11 is 1.21. The van der Waals surface area contributed by atoms with Crippen LogP contribution in [0, 0.1) is 6.92 Å². The second-order valence-corrected chi connectivity index (χ2v) is 9.42. The summed E-state index contributed by atoms with van der Waals surface area (Å²) in [4.78, 5) is 17.3. The van der Waals surface area contributed by atoms with Gasteiger partial charge in [-0.05, 0) is 48.9 Å². The SMILES string of the molecule is COc1ccc(-c2nnc(SCC(=O)NCc3ccc(C)cc3)nc2-c2ccc(OC)c(OC)c2)cc1OC. The fraction of sp³-hybridized carbons (Fsp3) is 0.241. The maximum Gasteiger partial charge on any atom is 0.230 e. The van der Waals surface area contributed by atoms with Crippen molar-refractivity contribution in [2.24, 2.45) is 0 Å². The second kappa shape index (κ2) is 13.0. The van der Waals surface area contributed by atoms with E-state index in [-0.39, 0.29) is 11.7 Å². The predicted octanol–water partition coefficient (Wildman–Crippen LogP) is 4.96. The molecular formula is C29H30N4O5S. The van der Waals surface area contributed by atoms with Crippen LogP contribution < -0.4 is 24.3 Å². The molecule has 0 bridgehead atoms. The third-order valence-corrected chi connectivity index (χ3v) is 6.76. The van der Waals surface area contributed by atoms with Gasteiger partial charge in [0.25, 0.3) is 0 Å². The normalized spacial score (nSPS) is 10.6. The van der Waals surface area contributed by atoms with Crippen molar-refractivity contribution < 1.29 is 23.7 Å². The van der Waals surface area contributed by atoms with E-state index in [2.05, 4.69) is 15.5 Å². The lowest BCUT2D eigenvalue weighted by Crippen LogP contribution is -2.24. The molecule has 0 aliphatic rings. The number of nitrogens with one attached hydrogen (secondary N) is 1. The van der Waals surface area contributed by atoms with E-state index < -0.39 is 0 Å². The number of hydrogen-bond donors (Lipinski definition) is 1. The summed E-state index contributed by atoms with van der Waals surface area (Å²) in [6, 6.07) is 19.0. The van der Waals surface area contributed by atoms with Crippen molar-refractivity contribution in [3.05, 3.63) is 71.8 Å². The molecule has 1 aromatic heterocycles. The molecule has 1 heterocycles. The van der Waals surface area contributed by atoms with E-state index in [1.54, 1.807) is 40.6 Å². The number of ether oxygens (including phenoxy) is 4. The summed E-state index contributed by atoms with van der Waals surface area (Å²) in [6.45, 7) is 2.48. The zero-order chi connectivity index (χ0) is 27.8. The van der Waals surface area contributed by atoms with E-state index >= 15 is 0 Å². The van der Waals surface area contributed by atoms with Gasteiger partial charge in [0, 0.05) is 17.7 Å². The molecule has 39 heavy (non-hydrogen) atoms. The van der Waals surface area contributed by atoms with Gasteiger partial charge < -0.3 is 24.3 Å². The highest BCUT2D eigenvalue weighted by Gasteiger charge is 2.18. The van der Waals surface area contributed by atoms with Crippen LogP contribution in [0.3, 0.4) is 0 Å². The van der Waals surface area contributed by atoms with Gasteiger partial charge in [0.05, 0.1) is 34.2 Å². The molecule has 0 aliphatic carbocycles. The third-order valence-electron chi connectivity index (χ3n) is 5.92. The highest BCUT2D eigenvalue weighted by molar-refractivity contribution is 7.99. The number of thioether (sulfide) groups is 1. The van der Waals surface area contributed by atoms with Crippen LogP contribution in [0.1, 0.15) is 11.1 Å². The monoisotopic (exact) mass is 546 g/mol. The molecule has 0 radical (unpaired) electrons. The Kier molecular flexibility index (Phi) is 9.22. The van der Waals surface area contributed by atoms with Crippen LogP contribution in [-0.4, -0.2) is 55.3 Å². The molecule has 0 saturated heterocycles. The lowest BCUT2D eigenvalue weighted by Gasteiger charge is -2.14. The topological polar surface area (TPSA) is 105 Å². The highest BCUT2D eigenvalue weighted by Crippen LogP contribution is 2.38. The fourth-order valence-electron chi connectivity index (χ4n) is 3.82. The average molecular weight is 547 g/mol. The molecule has 0 aliphatic heterocycles. The van der Waals surface area contributed by atoms with Crippen molar-refractivity contribution in [2.75, 3.05) is 34.2 Å². The number of carbonyl (C=O) groups excluding carboxylic acids is 1. The molecule has 0 spiro atoms. The Balaban J connectivity index is 1.62. The van der Waals surface area contributed by atoms with Crippen molar-refractivity contribution in [3.63, 3.8) is 0 Å². The molecule has 9 nitrogen and oxygen atoms in total. The van der Waals surface area contributed by atoms with E-state index in [0.717, 1.165) is 16.7 Å². The lowest BCUT2D eigenvalue weighted by molar-refractivity contribution is -0.118. The Morgan fingerprint density at radius 2 is 1.31 bits per heavy atom. The third kappa shape index (κ3) is 6.77. The number of methoxy groups -OCH3 is 4. The molecule has 4 aromatic rings. The van der Waals surface area contributed by atoms with Gasteiger partial charge in [-0.1, -0.05) is 41.6 Å². The molecule has 0 atom stereocenters. The van der Waals surface area contributed by atoms with Crippen molar-refractivity contribution in [3.8, 4) is 45.5 Å². The lowest BCUT2D eigenvalue weighted by atomic mass is 10.0. The molecule has 1 N–H and O–H groups in total. The molecule has 1 amide bonds. The Morgan fingerprint density at radius 3 is 1.87 bits per heavy atom. The number of aromatic nitrogens is 3. The summed E-state index contributed by atoms with van der Waals surface area (Å²) in [5.41, 5.74) is 4.80. The van der Waals surface area contributed by atoms with Crippen LogP contribution in [-0.2, 0) is 11.3 Å². The number of amides is 1. The van der Waals surface area contributed by atoms with Gasteiger partial charge in [0.1, 0.15) is 11.4 Å². The van der Waals surface area contributed by atoms with Crippen LogP contribution >= 0.6 is 11.8 Å². The van der Waals surface area contributed by atoms with Crippen LogP contribution in [0.2, 0.25) is 0 Å². The first kappa shape index (κ1) is 27.7. The number of nitrogens with zero attached hydrogens (tertiary/aromatic N) is 3. The number of carbonyl (C=O) groups is 1. The summed E-state index contributed by atoms with van der Waals surface area (Å²) < 4.78 is 21.8. The van der Waals surface area contributed by atoms with Gasteiger partial charge >= 0.3 is 0 Å². The molecule has 0 fully saturated rings. The zero-order valence-corrected chi connectivity index (χ0v) is 23.3. The molecule has 0 saturated carbocycles. The minimum Gasteiger partial charge on any atom is -0.493 e. The van der Waals surface area contributed by atoms with E-state index in [9.17, 15) is 4.79 Å². The van der Waals surface area contributed by atoms with Gasteiger partial charge in [0.15, 0.2) is 23.0 Å². The molecule has 202 valence electrons. The maximum absolute atomic E-state index is 12.5. The molecule has 10 heteroatoms. The molecular weight excluding hydrogens is 516 g/mol. The number of benzene rings is 3. The van der Waals surface area contributed by atoms with E-state index in [4.69, 9.17) is 23.9 Å². The first-order chi connectivity index (χ1) is 18.9. The number of hydrogen-bond acceptors (Lipinski definition) is 9. The highest BCUT2D eigenvalue weighted by atomic mass is 32.2. The first-order valence-electron chi connectivity index (χ1n) is 12.1. The van der Waals surface area contributed by atoms with Gasteiger partial charge in [-0.15, -0.1) is 10.2 Å². The zero-order valence-electron chi connectivity index (χ0n) is 22.5. The summed E-state index contributed by atoms with van der Waals surface area (Å²) in [7, 11) is 6.31. The van der Waals surface area contributed by atoms with Crippen molar-refractivity contribution in [1.29, 1.82) is 0 Å². The van der Waals surface area contributed by atoms with Gasteiger partial charge in [-0.25, -0.2) is 4.98 Å². The van der Waals surface area contributed by atoms with Crippen molar-refractivity contribution >= 4 is 17.7 Å². The van der Waals surface area contributed by atoms with Crippen LogP contribution in [0.25, 0.3) is 22.5 Å². The summed E-state index contributed by atoms with van der Waals surface area (Å²) in [6.07, 6.45) is 0. The number of aryl methyl sites for hydroxylation is 1. The van der Waals surface area contributed by atoms with Gasteiger partial charge in [-0.2, -0.15) is 0 Å². The Labute approximate surface area is 231 Å². The standard InChI is InChI=1S/C29H30N4O5S/c1-18-6-8-19(9-7-18)16-30-26(34)17-39-29-31-27(20-10-12-22(35-2)24(14-20)37-4)28(32-33-29)21-11-13-23(36-3)25(15-21)38-5/h6-15H,16-17H2,1-5H3,(H,30,34). The molecule has 4 rings (SSSR count). The molecule has 0 unspecified atom stereocenters. The maximum atomic E-state index is 12.5. The Hall–Kier alpha value is -4.31. The number of rotatable bonds is 11. The van der Waals surface area contributed by atoms with Crippen molar-refractivity contribution in [1.82, 2.24) is 20.5 Å².